The van der Waals surface area contributed by atoms with Crippen LogP contribution in [0.4, 0.5) is 5.69 Å². The summed E-state index contributed by atoms with van der Waals surface area (Å²) >= 11 is 3.48. The summed E-state index contributed by atoms with van der Waals surface area (Å²) in [5.41, 5.74) is 1.81. The van der Waals surface area contributed by atoms with E-state index in [1.165, 1.54) is 12.8 Å². The van der Waals surface area contributed by atoms with Crippen molar-refractivity contribution < 1.29 is 4.79 Å². The van der Waals surface area contributed by atoms with Crippen molar-refractivity contribution in [1.29, 1.82) is 0 Å². The Morgan fingerprint density at radius 2 is 1.94 bits per heavy atom. The van der Waals surface area contributed by atoms with Crippen molar-refractivity contribution in [1.82, 2.24) is 0 Å². The number of hydrogen-bond donors (Lipinski definition) is 0. The first-order valence-corrected chi connectivity index (χ1v) is 7.45. The second-order valence-electron chi connectivity index (χ2n) is 4.54. The largest absolute Gasteiger partial charge is 0.371 e. The van der Waals surface area contributed by atoms with Crippen LogP contribution in [-0.4, -0.2) is 19.4 Å². The van der Waals surface area contributed by atoms with Crippen molar-refractivity contribution in [3.05, 3.63) is 28.2 Å². The Labute approximate surface area is 119 Å². The molecular formula is C15H22BrNO. The van der Waals surface area contributed by atoms with Gasteiger partial charge in [0.2, 0.25) is 0 Å². The van der Waals surface area contributed by atoms with E-state index in [1.807, 2.05) is 18.2 Å². The van der Waals surface area contributed by atoms with Gasteiger partial charge in [-0.2, -0.15) is 0 Å². The van der Waals surface area contributed by atoms with Gasteiger partial charge in [-0.1, -0.05) is 42.6 Å². The zero-order valence-electron chi connectivity index (χ0n) is 11.4. The van der Waals surface area contributed by atoms with Gasteiger partial charge in [0.1, 0.15) is 0 Å². The molecule has 0 atom stereocenters. The molecule has 0 aliphatic rings. The van der Waals surface area contributed by atoms with Crippen LogP contribution < -0.4 is 4.90 Å². The second-order valence-corrected chi connectivity index (χ2v) is 5.46. The van der Waals surface area contributed by atoms with Gasteiger partial charge in [0.15, 0.2) is 6.29 Å². The quantitative estimate of drug-likeness (QED) is 0.690. The summed E-state index contributed by atoms with van der Waals surface area (Å²) in [5, 5.41) is 0. The third-order valence-corrected chi connectivity index (χ3v) is 3.97. The molecule has 0 saturated carbocycles. The number of benzene rings is 1. The molecule has 0 aromatic heterocycles. The van der Waals surface area contributed by atoms with E-state index in [0.29, 0.717) is 5.92 Å². The Morgan fingerprint density at radius 3 is 2.44 bits per heavy atom. The van der Waals surface area contributed by atoms with Gasteiger partial charge in [-0.3, -0.25) is 4.79 Å². The Kier molecular flexibility index (Phi) is 6.41. The van der Waals surface area contributed by atoms with Crippen LogP contribution in [0, 0.1) is 5.92 Å². The minimum atomic E-state index is 0.684. The Morgan fingerprint density at radius 1 is 1.28 bits per heavy atom. The first kappa shape index (κ1) is 15.2. The summed E-state index contributed by atoms with van der Waals surface area (Å²) in [6.45, 7) is 8.53. The molecule has 18 heavy (non-hydrogen) atoms. The van der Waals surface area contributed by atoms with Gasteiger partial charge < -0.3 is 4.90 Å². The van der Waals surface area contributed by atoms with Crippen LogP contribution in [0.25, 0.3) is 0 Å². The van der Waals surface area contributed by atoms with Crippen molar-refractivity contribution in [3.63, 3.8) is 0 Å². The molecule has 0 aliphatic carbocycles. The van der Waals surface area contributed by atoms with E-state index in [2.05, 4.69) is 41.6 Å². The molecule has 2 nitrogen and oxygen atoms in total. The summed E-state index contributed by atoms with van der Waals surface area (Å²) in [6.07, 6.45) is 3.30. The highest BCUT2D eigenvalue weighted by atomic mass is 79.9. The van der Waals surface area contributed by atoms with E-state index in [1.54, 1.807) is 0 Å². The first-order valence-electron chi connectivity index (χ1n) is 6.65. The van der Waals surface area contributed by atoms with Crippen molar-refractivity contribution in [2.45, 2.75) is 33.6 Å². The average molecular weight is 312 g/mol. The lowest BCUT2D eigenvalue weighted by atomic mass is 10.0. The van der Waals surface area contributed by atoms with Gasteiger partial charge in [0.05, 0.1) is 0 Å². The molecule has 0 saturated heterocycles. The SMILES string of the molecule is CCC(CC)CN(CC)c1cc(Br)ccc1C=O. The van der Waals surface area contributed by atoms with E-state index in [-0.39, 0.29) is 0 Å². The zero-order chi connectivity index (χ0) is 13.5. The molecule has 1 aromatic rings. The lowest BCUT2D eigenvalue weighted by molar-refractivity contribution is 0.112. The lowest BCUT2D eigenvalue weighted by Gasteiger charge is -2.28. The Bertz CT molecular complexity index is 388. The van der Waals surface area contributed by atoms with Crippen molar-refractivity contribution in [2.75, 3.05) is 18.0 Å². The fourth-order valence-corrected chi connectivity index (χ4v) is 2.50. The molecule has 0 radical (unpaired) electrons. The number of rotatable bonds is 7. The van der Waals surface area contributed by atoms with Gasteiger partial charge >= 0.3 is 0 Å². The van der Waals surface area contributed by atoms with Crippen LogP contribution in [0.3, 0.4) is 0 Å². The summed E-state index contributed by atoms with van der Waals surface area (Å²) in [5.74, 6) is 0.684. The summed E-state index contributed by atoms with van der Waals surface area (Å²) in [4.78, 5) is 13.4. The second kappa shape index (κ2) is 7.57. The van der Waals surface area contributed by atoms with Crippen LogP contribution in [0.5, 0.6) is 0 Å². The molecule has 0 fully saturated rings. The van der Waals surface area contributed by atoms with Crippen molar-refractivity contribution >= 4 is 27.9 Å². The maximum absolute atomic E-state index is 11.1. The van der Waals surface area contributed by atoms with Crippen molar-refractivity contribution in [2.24, 2.45) is 5.92 Å². The summed E-state index contributed by atoms with van der Waals surface area (Å²) < 4.78 is 1.02. The van der Waals surface area contributed by atoms with Crippen LogP contribution >= 0.6 is 15.9 Å². The molecule has 100 valence electrons. The molecule has 0 aliphatic heterocycles. The molecule has 3 heteroatoms. The molecule has 1 rings (SSSR count). The van der Waals surface area contributed by atoms with E-state index >= 15 is 0 Å². The van der Waals surface area contributed by atoms with Gasteiger partial charge in [-0.25, -0.2) is 0 Å². The van der Waals surface area contributed by atoms with E-state index in [0.717, 1.165) is 35.1 Å². The summed E-state index contributed by atoms with van der Waals surface area (Å²) in [6, 6.07) is 5.83. The molecule has 0 amide bonds. The third-order valence-electron chi connectivity index (χ3n) is 3.48. The molecule has 0 spiro atoms. The van der Waals surface area contributed by atoms with Crippen molar-refractivity contribution in [3.8, 4) is 0 Å². The highest BCUT2D eigenvalue weighted by molar-refractivity contribution is 9.10. The fourth-order valence-electron chi connectivity index (χ4n) is 2.15. The van der Waals surface area contributed by atoms with E-state index < -0.39 is 0 Å². The van der Waals surface area contributed by atoms with Gasteiger partial charge in [-0.05, 0) is 31.0 Å². The maximum Gasteiger partial charge on any atom is 0.152 e. The fraction of sp³-hybridized carbons (Fsp3) is 0.533. The standard InChI is InChI=1S/C15H22BrNO/c1-4-12(5-2)10-17(6-3)15-9-14(16)8-7-13(15)11-18/h7-9,11-12H,4-6,10H2,1-3H3. The maximum atomic E-state index is 11.1. The molecule has 0 unspecified atom stereocenters. The summed E-state index contributed by atoms with van der Waals surface area (Å²) in [7, 11) is 0. The molecule has 0 heterocycles. The third kappa shape index (κ3) is 3.84. The predicted octanol–water partition coefficient (Wildman–Crippen LogP) is 4.52. The normalized spacial score (nSPS) is 10.7. The molecular weight excluding hydrogens is 290 g/mol. The smallest absolute Gasteiger partial charge is 0.152 e. The zero-order valence-corrected chi connectivity index (χ0v) is 13.0. The number of nitrogens with zero attached hydrogens (tertiary/aromatic N) is 1. The number of anilines is 1. The predicted molar refractivity (Wildman–Crippen MR) is 81.5 cm³/mol. The van der Waals surface area contributed by atoms with E-state index in [9.17, 15) is 4.79 Å². The Hall–Kier alpha value is -0.830. The lowest BCUT2D eigenvalue weighted by Crippen LogP contribution is -2.29. The Balaban J connectivity index is 3.00. The van der Waals surface area contributed by atoms with Crippen LogP contribution in [-0.2, 0) is 0 Å². The molecule has 1 aromatic carbocycles. The number of carbonyl (C=O) groups is 1. The highest BCUT2D eigenvalue weighted by Gasteiger charge is 2.14. The number of carbonyl (C=O) groups excluding carboxylic acids is 1. The molecule has 0 bridgehead atoms. The van der Waals surface area contributed by atoms with E-state index in [4.69, 9.17) is 0 Å². The molecule has 0 N–H and O–H groups in total. The van der Waals surface area contributed by atoms with Crippen LogP contribution in [0.2, 0.25) is 0 Å². The monoisotopic (exact) mass is 311 g/mol. The highest BCUT2D eigenvalue weighted by Crippen LogP contribution is 2.25. The minimum Gasteiger partial charge on any atom is -0.371 e. The van der Waals surface area contributed by atoms with Gasteiger partial charge in [-0.15, -0.1) is 0 Å². The van der Waals surface area contributed by atoms with Gasteiger partial charge in [0.25, 0.3) is 0 Å². The number of hydrogen-bond acceptors (Lipinski definition) is 2. The minimum absolute atomic E-state index is 0.684. The number of halogens is 1. The number of aldehydes is 1. The van der Waals surface area contributed by atoms with Crippen LogP contribution in [0.15, 0.2) is 22.7 Å². The average Bonchev–Trinajstić information content (AvgIpc) is 2.40. The topological polar surface area (TPSA) is 20.3 Å². The van der Waals surface area contributed by atoms with Crippen LogP contribution in [0.1, 0.15) is 44.0 Å². The van der Waals surface area contributed by atoms with Gasteiger partial charge in [0, 0.05) is 28.8 Å². The first-order chi connectivity index (χ1) is 8.65.